The number of nitrogens with one attached hydrogen (secondary N) is 2. The first-order valence-electron chi connectivity index (χ1n) is 10.2. The van der Waals surface area contributed by atoms with Gasteiger partial charge in [0, 0.05) is 25.1 Å². The summed E-state index contributed by atoms with van der Waals surface area (Å²) in [5, 5.41) is 16.1. The lowest BCUT2D eigenvalue weighted by Gasteiger charge is -2.21. The number of carbonyl (C=O) groups excluding carboxylic acids is 1. The van der Waals surface area contributed by atoms with Crippen LogP contribution in [0.4, 0.5) is 0 Å². The maximum absolute atomic E-state index is 11.9. The Morgan fingerprint density at radius 3 is 2.36 bits per heavy atom. The van der Waals surface area contributed by atoms with E-state index in [0.29, 0.717) is 13.2 Å². The first-order chi connectivity index (χ1) is 11.9. The van der Waals surface area contributed by atoms with E-state index in [1.54, 1.807) is 0 Å². The van der Waals surface area contributed by atoms with Crippen LogP contribution in [0.15, 0.2) is 0 Å². The van der Waals surface area contributed by atoms with E-state index in [9.17, 15) is 9.90 Å². The van der Waals surface area contributed by atoms with Gasteiger partial charge in [-0.25, -0.2) is 0 Å². The Labute approximate surface area is 155 Å². The number of amides is 1. The lowest BCUT2D eigenvalue weighted by molar-refractivity contribution is -0.129. The number of aliphatic hydroxyl groups is 1. The number of unbranched alkanes of at least 4 members (excludes halogenated alkanes) is 5. The molecule has 0 aromatic carbocycles. The van der Waals surface area contributed by atoms with E-state index in [1.165, 1.54) is 12.8 Å². The van der Waals surface area contributed by atoms with Gasteiger partial charge in [0.2, 0.25) is 5.91 Å². The van der Waals surface area contributed by atoms with Crippen molar-refractivity contribution in [3.8, 4) is 0 Å². The van der Waals surface area contributed by atoms with Gasteiger partial charge in [-0.1, -0.05) is 53.4 Å². The molecule has 0 aliphatic rings. The number of hydrogen-bond donors (Lipinski definition) is 3. The van der Waals surface area contributed by atoms with Gasteiger partial charge < -0.3 is 20.5 Å². The Hall–Kier alpha value is -0.650. The SMILES string of the molecule is CCCCCOCC(O)CNCCCCCCNC(=O)C(C)(C)CC. The zero-order chi connectivity index (χ0) is 19.0. The van der Waals surface area contributed by atoms with E-state index in [1.807, 2.05) is 20.8 Å². The molecular formula is C20H42N2O3. The first kappa shape index (κ1) is 24.4. The van der Waals surface area contributed by atoms with Crippen molar-refractivity contribution in [2.45, 2.75) is 85.2 Å². The molecule has 0 aromatic rings. The van der Waals surface area contributed by atoms with Gasteiger partial charge in [-0.3, -0.25) is 4.79 Å². The van der Waals surface area contributed by atoms with Crippen LogP contribution in [0.2, 0.25) is 0 Å². The largest absolute Gasteiger partial charge is 0.389 e. The van der Waals surface area contributed by atoms with Crippen LogP contribution in [0.5, 0.6) is 0 Å². The average molecular weight is 359 g/mol. The quantitative estimate of drug-likeness (QED) is 0.349. The molecule has 0 saturated carbocycles. The van der Waals surface area contributed by atoms with Crippen LogP contribution >= 0.6 is 0 Å². The standard InChI is InChI=1S/C20H42N2O3/c1-5-7-12-15-25-17-18(23)16-21-13-10-8-9-11-14-22-19(24)20(3,4)6-2/h18,21,23H,5-17H2,1-4H3,(H,22,24). The molecule has 0 aromatic heterocycles. The van der Waals surface area contributed by atoms with Gasteiger partial charge in [-0.15, -0.1) is 0 Å². The summed E-state index contributed by atoms with van der Waals surface area (Å²) in [5.41, 5.74) is -0.259. The van der Waals surface area contributed by atoms with Crippen LogP contribution in [0.3, 0.4) is 0 Å². The van der Waals surface area contributed by atoms with Gasteiger partial charge in [0.05, 0.1) is 12.7 Å². The molecule has 0 aliphatic carbocycles. The number of rotatable bonds is 17. The summed E-state index contributed by atoms with van der Waals surface area (Å²) < 4.78 is 5.45. The lowest BCUT2D eigenvalue weighted by Crippen LogP contribution is -2.36. The van der Waals surface area contributed by atoms with E-state index in [-0.39, 0.29) is 11.3 Å². The monoisotopic (exact) mass is 358 g/mol. The van der Waals surface area contributed by atoms with E-state index < -0.39 is 6.10 Å². The third kappa shape index (κ3) is 14.2. The van der Waals surface area contributed by atoms with Crippen molar-refractivity contribution >= 4 is 5.91 Å². The van der Waals surface area contributed by atoms with E-state index in [4.69, 9.17) is 4.74 Å². The minimum absolute atomic E-state index is 0.155. The molecule has 1 unspecified atom stereocenters. The predicted octanol–water partition coefficient (Wildman–Crippen LogP) is 3.26. The summed E-state index contributed by atoms with van der Waals surface area (Å²) in [6.07, 6.45) is 8.29. The highest BCUT2D eigenvalue weighted by atomic mass is 16.5. The van der Waals surface area contributed by atoms with Gasteiger partial charge in [-0.2, -0.15) is 0 Å². The Morgan fingerprint density at radius 2 is 1.72 bits per heavy atom. The molecule has 0 bridgehead atoms. The maximum atomic E-state index is 11.9. The highest BCUT2D eigenvalue weighted by Crippen LogP contribution is 2.19. The van der Waals surface area contributed by atoms with Crippen LogP contribution in [0, 0.1) is 5.41 Å². The molecule has 0 fully saturated rings. The summed E-state index contributed by atoms with van der Waals surface area (Å²) >= 11 is 0. The predicted molar refractivity (Wildman–Crippen MR) is 105 cm³/mol. The summed E-state index contributed by atoms with van der Waals surface area (Å²) in [4.78, 5) is 11.9. The van der Waals surface area contributed by atoms with Crippen molar-refractivity contribution < 1.29 is 14.6 Å². The minimum Gasteiger partial charge on any atom is -0.389 e. The van der Waals surface area contributed by atoms with Crippen LogP contribution in [0.1, 0.15) is 79.1 Å². The fraction of sp³-hybridized carbons (Fsp3) is 0.950. The Kier molecular flexibility index (Phi) is 15.2. The van der Waals surface area contributed by atoms with Gasteiger partial charge in [0.15, 0.2) is 0 Å². The second-order valence-corrected chi connectivity index (χ2v) is 7.55. The van der Waals surface area contributed by atoms with Crippen molar-refractivity contribution in [1.82, 2.24) is 10.6 Å². The Balaban J connectivity index is 3.34. The minimum atomic E-state index is -0.418. The number of aliphatic hydroxyl groups excluding tert-OH is 1. The summed E-state index contributed by atoms with van der Waals surface area (Å²) in [5.74, 6) is 0.155. The van der Waals surface area contributed by atoms with Gasteiger partial charge in [-0.05, 0) is 32.2 Å². The molecule has 0 rings (SSSR count). The summed E-state index contributed by atoms with van der Waals surface area (Å²) in [7, 11) is 0. The highest BCUT2D eigenvalue weighted by Gasteiger charge is 2.24. The normalized spacial score (nSPS) is 13.0. The molecule has 1 atom stereocenters. The van der Waals surface area contributed by atoms with Crippen LogP contribution in [0.25, 0.3) is 0 Å². The summed E-state index contributed by atoms with van der Waals surface area (Å²) in [6, 6.07) is 0. The van der Waals surface area contributed by atoms with E-state index in [0.717, 1.165) is 58.2 Å². The van der Waals surface area contributed by atoms with Crippen molar-refractivity contribution in [2.24, 2.45) is 5.41 Å². The van der Waals surface area contributed by atoms with Crippen molar-refractivity contribution in [1.29, 1.82) is 0 Å². The zero-order valence-corrected chi connectivity index (χ0v) is 17.0. The van der Waals surface area contributed by atoms with Crippen LogP contribution < -0.4 is 10.6 Å². The fourth-order valence-corrected chi connectivity index (χ4v) is 2.33. The second kappa shape index (κ2) is 15.6. The fourth-order valence-electron chi connectivity index (χ4n) is 2.33. The molecule has 0 saturated heterocycles. The van der Waals surface area contributed by atoms with Crippen molar-refractivity contribution in [2.75, 3.05) is 32.8 Å². The molecule has 0 spiro atoms. The second-order valence-electron chi connectivity index (χ2n) is 7.55. The van der Waals surface area contributed by atoms with Crippen LogP contribution in [-0.2, 0) is 9.53 Å². The van der Waals surface area contributed by atoms with Crippen molar-refractivity contribution in [3.05, 3.63) is 0 Å². The highest BCUT2D eigenvalue weighted by molar-refractivity contribution is 5.81. The maximum Gasteiger partial charge on any atom is 0.225 e. The number of hydrogen-bond acceptors (Lipinski definition) is 4. The first-order valence-corrected chi connectivity index (χ1v) is 10.2. The lowest BCUT2D eigenvalue weighted by atomic mass is 9.89. The molecule has 25 heavy (non-hydrogen) atoms. The number of carbonyl (C=O) groups is 1. The molecule has 150 valence electrons. The van der Waals surface area contributed by atoms with Gasteiger partial charge >= 0.3 is 0 Å². The zero-order valence-electron chi connectivity index (χ0n) is 17.0. The van der Waals surface area contributed by atoms with Gasteiger partial charge in [0.1, 0.15) is 0 Å². The van der Waals surface area contributed by atoms with E-state index >= 15 is 0 Å². The molecule has 5 heteroatoms. The number of ether oxygens (including phenoxy) is 1. The summed E-state index contributed by atoms with van der Waals surface area (Å²) in [6.45, 7) is 11.6. The molecular weight excluding hydrogens is 316 g/mol. The molecule has 0 radical (unpaired) electrons. The molecule has 0 heterocycles. The molecule has 0 aliphatic heterocycles. The van der Waals surface area contributed by atoms with Crippen LogP contribution in [-0.4, -0.2) is 50.0 Å². The molecule has 3 N–H and O–H groups in total. The van der Waals surface area contributed by atoms with E-state index in [2.05, 4.69) is 17.6 Å². The molecule has 5 nitrogen and oxygen atoms in total. The third-order valence-corrected chi connectivity index (χ3v) is 4.65. The van der Waals surface area contributed by atoms with Crippen molar-refractivity contribution in [3.63, 3.8) is 0 Å². The smallest absolute Gasteiger partial charge is 0.225 e. The topological polar surface area (TPSA) is 70.6 Å². The average Bonchev–Trinajstić information content (AvgIpc) is 2.59. The van der Waals surface area contributed by atoms with Gasteiger partial charge in [0.25, 0.3) is 0 Å². The Morgan fingerprint density at radius 1 is 1.04 bits per heavy atom. The Bertz CT molecular complexity index is 322. The third-order valence-electron chi connectivity index (χ3n) is 4.65. The molecule has 1 amide bonds.